The molecule has 0 saturated heterocycles. The van der Waals surface area contributed by atoms with Gasteiger partial charge in [0, 0.05) is 23.4 Å². The molecule has 0 aromatic heterocycles. The molecule has 1 aliphatic carbocycles. The molecule has 2 aliphatic rings. The highest BCUT2D eigenvalue weighted by Gasteiger charge is 2.48. The summed E-state index contributed by atoms with van der Waals surface area (Å²) in [5, 5.41) is 2.88. The lowest BCUT2D eigenvalue weighted by atomic mass is 9.95. The van der Waals surface area contributed by atoms with Crippen LogP contribution in [0.2, 0.25) is 0 Å². The van der Waals surface area contributed by atoms with Crippen LogP contribution in [0, 0.1) is 0 Å². The first kappa shape index (κ1) is 22.3. The number of amides is 1. The second-order valence-electron chi connectivity index (χ2n) is 7.88. The summed E-state index contributed by atoms with van der Waals surface area (Å²) in [5.74, 6) is 1.95. The average Bonchev–Trinajstić information content (AvgIpc) is 3.47. The molecule has 7 nitrogen and oxygen atoms in total. The minimum absolute atomic E-state index is 0.0844. The molecule has 4 rings (SSSR count). The number of esters is 1. The molecule has 1 heterocycles. The van der Waals surface area contributed by atoms with E-state index >= 15 is 0 Å². The number of hydrogen-bond donors (Lipinski definition) is 1. The summed E-state index contributed by atoms with van der Waals surface area (Å²) in [6, 6.07) is 9.35. The minimum atomic E-state index is -0.600. The van der Waals surface area contributed by atoms with Crippen LogP contribution < -0.4 is 19.5 Å². The Balaban J connectivity index is 1.66. The fraction of sp³-hybridized carbons (Fsp3) is 0.417. The van der Waals surface area contributed by atoms with Crippen LogP contribution in [0.25, 0.3) is 11.1 Å². The van der Waals surface area contributed by atoms with Crippen molar-refractivity contribution < 1.29 is 28.5 Å². The van der Waals surface area contributed by atoms with Gasteiger partial charge in [0.15, 0.2) is 11.5 Å². The zero-order valence-corrected chi connectivity index (χ0v) is 19.3. The Kier molecular flexibility index (Phi) is 6.50. The maximum Gasteiger partial charge on any atom is 0.307 e. The summed E-state index contributed by atoms with van der Waals surface area (Å²) in [5.41, 5.74) is 2.65. The molecule has 0 unspecified atom stereocenters. The van der Waals surface area contributed by atoms with Gasteiger partial charge < -0.3 is 24.3 Å². The first-order valence-electron chi connectivity index (χ1n) is 10.5. The zero-order valence-electron chi connectivity index (χ0n) is 18.5. The van der Waals surface area contributed by atoms with E-state index in [0.717, 1.165) is 35.3 Å². The number of methoxy groups -OCH3 is 2. The maximum atomic E-state index is 12.2. The number of carbonyl (C=O) groups excluding carboxylic acids is 2. The van der Waals surface area contributed by atoms with E-state index in [0.29, 0.717) is 35.8 Å². The van der Waals surface area contributed by atoms with Crippen molar-refractivity contribution in [2.45, 2.75) is 31.4 Å². The lowest BCUT2D eigenvalue weighted by Crippen LogP contribution is -2.27. The molecule has 1 N–H and O–H groups in total. The average molecular weight is 458 g/mol. The van der Waals surface area contributed by atoms with Crippen LogP contribution in [0.3, 0.4) is 0 Å². The highest BCUT2D eigenvalue weighted by atomic mass is 32.2. The molecule has 0 spiro atoms. The van der Waals surface area contributed by atoms with Crippen molar-refractivity contribution in [2.24, 2.45) is 0 Å². The van der Waals surface area contributed by atoms with Crippen LogP contribution in [0.5, 0.6) is 17.2 Å². The first-order valence-corrected chi connectivity index (χ1v) is 11.9. The molecule has 2 aromatic rings. The Morgan fingerprint density at radius 2 is 1.84 bits per heavy atom. The van der Waals surface area contributed by atoms with E-state index in [9.17, 15) is 9.59 Å². The van der Waals surface area contributed by atoms with Crippen molar-refractivity contribution in [3.05, 3.63) is 41.5 Å². The van der Waals surface area contributed by atoms with Gasteiger partial charge in [-0.1, -0.05) is 12.1 Å². The minimum Gasteiger partial charge on any atom is -0.493 e. The molecule has 32 heavy (non-hydrogen) atoms. The van der Waals surface area contributed by atoms with Gasteiger partial charge in [-0.2, -0.15) is 11.8 Å². The summed E-state index contributed by atoms with van der Waals surface area (Å²) < 4.78 is 23.1. The molecule has 1 aliphatic heterocycles. The second kappa shape index (κ2) is 9.32. The van der Waals surface area contributed by atoms with E-state index < -0.39 is 5.60 Å². The van der Waals surface area contributed by atoms with Crippen LogP contribution in [-0.4, -0.2) is 50.3 Å². The Labute approximate surface area is 191 Å². The Morgan fingerprint density at radius 1 is 1.06 bits per heavy atom. The van der Waals surface area contributed by atoms with E-state index in [1.807, 2.05) is 36.6 Å². The third-order valence-electron chi connectivity index (χ3n) is 5.76. The van der Waals surface area contributed by atoms with Gasteiger partial charge in [0.2, 0.25) is 5.75 Å². The zero-order chi connectivity index (χ0) is 22.7. The Hall–Kier alpha value is -2.87. The Bertz CT molecular complexity index is 1030. The molecule has 0 bridgehead atoms. The maximum absolute atomic E-state index is 12.2. The van der Waals surface area contributed by atoms with Gasteiger partial charge in [0.1, 0.15) is 12.2 Å². The lowest BCUT2D eigenvalue weighted by molar-refractivity contribution is -0.152. The number of carbonyl (C=O) groups is 2. The van der Waals surface area contributed by atoms with Gasteiger partial charge in [0.05, 0.1) is 20.6 Å². The topological polar surface area (TPSA) is 83.1 Å². The summed E-state index contributed by atoms with van der Waals surface area (Å²) >= 11 is 1.61. The van der Waals surface area contributed by atoms with Gasteiger partial charge in [-0.15, -0.1) is 0 Å². The fourth-order valence-electron chi connectivity index (χ4n) is 3.86. The first-order chi connectivity index (χ1) is 15.5. The van der Waals surface area contributed by atoms with Gasteiger partial charge in [-0.25, -0.2) is 0 Å². The fourth-order valence-corrected chi connectivity index (χ4v) is 4.23. The number of hydrogen-bond acceptors (Lipinski definition) is 7. The van der Waals surface area contributed by atoms with Crippen LogP contribution >= 0.6 is 11.8 Å². The number of ether oxygens (including phenoxy) is 4. The van der Waals surface area contributed by atoms with Crippen molar-refractivity contribution in [2.75, 3.05) is 32.8 Å². The van der Waals surface area contributed by atoms with E-state index in [1.165, 1.54) is 0 Å². The van der Waals surface area contributed by atoms with E-state index in [2.05, 4.69) is 5.32 Å². The van der Waals surface area contributed by atoms with Crippen molar-refractivity contribution in [1.82, 2.24) is 5.32 Å². The van der Waals surface area contributed by atoms with E-state index in [4.69, 9.17) is 18.9 Å². The van der Waals surface area contributed by atoms with Gasteiger partial charge in [-0.3, -0.25) is 9.59 Å². The van der Waals surface area contributed by atoms with Crippen molar-refractivity contribution in [3.8, 4) is 28.4 Å². The SMILES string of the molecule is COc1ccc(-c2cccc3c2CNC3=O)c(OCC2(OC(=O)CCSC)CC2)c1OC. The molecule has 2 aromatic carbocycles. The molecule has 1 saturated carbocycles. The number of nitrogens with one attached hydrogen (secondary N) is 1. The molecule has 1 amide bonds. The van der Waals surface area contributed by atoms with E-state index in [-0.39, 0.29) is 18.5 Å². The van der Waals surface area contributed by atoms with Gasteiger partial charge >= 0.3 is 5.97 Å². The standard InChI is InChI=1S/C24H27NO6S/c1-28-19-8-7-16(15-5-4-6-17-18(15)13-25-23(17)27)21(22(19)29-2)30-14-24(10-11-24)31-20(26)9-12-32-3/h4-8H,9-14H2,1-3H3,(H,25,27). The highest BCUT2D eigenvalue weighted by Crippen LogP contribution is 2.48. The smallest absolute Gasteiger partial charge is 0.307 e. The normalized spacial score (nSPS) is 15.5. The van der Waals surface area contributed by atoms with Crippen molar-refractivity contribution in [3.63, 3.8) is 0 Å². The molecular weight excluding hydrogens is 430 g/mol. The number of thioether (sulfide) groups is 1. The highest BCUT2D eigenvalue weighted by molar-refractivity contribution is 7.98. The molecule has 170 valence electrons. The third kappa shape index (κ3) is 4.37. The lowest BCUT2D eigenvalue weighted by Gasteiger charge is -2.22. The summed E-state index contributed by atoms with van der Waals surface area (Å²) in [6.07, 6.45) is 3.87. The predicted molar refractivity (Wildman–Crippen MR) is 123 cm³/mol. The van der Waals surface area contributed by atoms with Crippen LogP contribution in [-0.2, 0) is 16.1 Å². The summed E-state index contributed by atoms with van der Waals surface area (Å²) in [7, 11) is 3.13. The van der Waals surface area contributed by atoms with Crippen LogP contribution in [0.4, 0.5) is 0 Å². The largest absolute Gasteiger partial charge is 0.493 e. The quantitative estimate of drug-likeness (QED) is 0.543. The molecule has 1 fully saturated rings. The Morgan fingerprint density at radius 3 is 2.53 bits per heavy atom. The van der Waals surface area contributed by atoms with Crippen molar-refractivity contribution >= 4 is 23.6 Å². The van der Waals surface area contributed by atoms with Crippen molar-refractivity contribution in [1.29, 1.82) is 0 Å². The summed E-state index contributed by atoms with van der Waals surface area (Å²) in [6.45, 7) is 0.676. The van der Waals surface area contributed by atoms with Crippen LogP contribution in [0.15, 0.2) is 30.3 Å². The van der Waals surface area contributed by atoms with Gasteiger partial charge in [0.25, 0.3) is 5.91 Å². The predicted octanol–water partition coefficient (Wildman–Crippen LogP) is 3.82. The number of fused-ring (bicyclic) bond motifs is 1. The van der Waals surface area contributed by atoms with E-state index in [1.54, 1.807) is 26.0 Å². The molecule has 0 radical (unpaired) electrons. The third-order valence-corrected chi connectivity index (χ3v) is 6.38. The molecule has 8 heteroatoms. The number of benzene rings is 2. The van der Waals surface area contributed by atoms with Gasteiger partial charge in [-0.05, 0) is 48.4 Å². The molecular formula is C24H27NO6S. The molecule has 0 atom stereocenters. The number of rotatable bonds is 10. The summed E-state index contributed by atoms with van der Waals surface area (Å²) in [4.78, 5) is 24.3. The monoisotopic (exact) mass is 457 g/mol. The second-order valence-corrected chi connectivity index (χ2v) is 8.87. The van der Waals surface area contributed by atoms with Crippen LogP contribution in [0.1, 0.15) is 35.2 Å².